The van der Waals surface area contributed by atoms with Gasteiger partial charge in [0, 0.05) is 50.7 Å². The van der Waals surface area contributed by atoms with Crippen LogP contribution in [0.15, 0.2) is 59.5 Å². The van der Waals surface area contributed by atoms with E-state index in [1.807, 2.05) is 30.3 Å². The molecule has 41 heavy (non-hydrogen) atoms. The third kappa shape index (κ3) is 6.84. The maximum absolute atomic E-state index is 13.3. The Hall–Kier alpha value is -3.58. The molecular formula is C29H35N5O5S2. The number of carbonyl (C=O) groups excluding carboxylic acids is 3. The standard InChI is InChI=1S/C29H35N5O5S2/c1-5-33-17-16-23-24(19-33)40-28(25(23)27(36)31-29(37)32(3)4)30-26(35)21-12-14-22(15-13-21)41(38,39)34(6-2)18-20-10-8-7-9-11-20/h7-15H,5-6,16-19H2,1-4H3,(H,30,35)(H,31,36,37). The van der Waals surface area contributed by atoms with E-state index < -0.39 is 27.9 Å². The Kier molecular flexibility index (Phi) is 9.59. The average molecular weight is 598 g/mol. The summed E-state index contributed by atoms with van der Waals surface area (Å²) < 4.78 is 28.0. The largest absolute Gasteiger partial charge is 0.331 e. The molecule has 0 saturated carbocycles. The fourth-order valence-electron chi connectivity index (χ4n) is 4.58. The monoisotopic (exact) mass is 597 g/mol. The van der Waals surface area contributed by atoms with Crippen LogP contribution in [0.4, 0.5) is 9.80 Å². The van der Waals surface area contributed by atoms with Crippen molar-refractivity contribution >= 4 is 44.2 Å². The zero-order valence-corrected chi connectivity index (χ0v) is 25.3. The first-order valence-electron chi connectivity index (χ1n) is 13.4. The number of fused-ring (bicyclic) bond motifs is 1. The SMILES string of the molecule is CCN1CCc2c(sc(NC(=O)c3ccc(S(=O)(=O)N(CC)Cc4ccccc4)cc3)c2C(=O)NC(=O)N(C)C)C1. The molecule has 1 aliphatic heterocycles. The lowest BCUT2D eigenvalue weighted by atomic mass is 10.0. The molecule has 2 heterocycles. The van der Waals surface area contributed by atoms with Crippen molar-refractivity contribution in [3.8, 4) is 0 Å². The van der Waals surface area contributed by atoms with Gasteiger partial charge in [0.05, 0.1) is 10.5 Å². The fourth-order valence-corrected chi connectivity index (χ4v) is 7.30. The zero-order valence-electron chi connectivity index (χ0n) is 23.6. The van der Waals surface area contributed by atoms with Gasteiger partial charge in [-0.25, -0.2) is 13.2 Å². The number of nitrogens with zero attached hydrogens (tertiary/aromatic N) is 3. The van der Waals surface area contributed by atoms with Crippen LogP contribution in [-0.4, -0.2) is 74.1 Å². The Morgan fingerprint density at radius 2 is 1.66 bits per heavy atom. The van der Waals surface area contributed by atoms with Crippen molar-refractivity contribution in [2.24, 2.45) is 0 Å². The minimum Gasteiger partial charge on any atom is -0.331 e. The number of anilines is 1. The van der Waals surface area contributed by atoms with E-state index in [1.165, 1.54) is 44.8 Å². The average Bonchev–Trinajstić information content (AvgIpc) is 3.33. The number of likely N-dealkylation sites (N-methyl/N-ethyl adjacent to an activating group) is 1. The Morgan fingerprint density at radius 3 is 2.27 bits per heavy atom. The van der Waals surface area contributed by atoms with Gasteiger partial charge in [0.15, 0.2) is 0 Å². The smallest absolute Gasteiger partial charge is 0.323 e. The lowest BCUT2D eigenvalue weighted by Gasteiger charge is -2.25. The van der Waals surface area contributed by atoms with Crippen LogP contribution < -0.4 is 10.6 Å². The molecule has 10 nitrogen and oxygen atoms in total. The van der Waals surface area contributed by atoms with E-state index in [2.05, 4.69) is 22.5 Å². The number of rotatable bonds is 9. The molecule has 0 fully saturated rings. The highest BCUT2D eigenvalue weighted by Crippen LogP contribution is 2.37. The van der Waals surface area contributed by atoms with Crippen LogP contribution in [0.2, 0.25) is 0 Å². The number of thiophene rings is 1. The maximum Gasteiger partial charge on any atom is 0.323 e. The second-order valence-electron chi connectivity index (χ2n) is 9.88. The lowest BCUT2D eigenvalue weighted by Crippen LogP contribution is -2.39. The molecule has 218 valence electrons. The highest BCUT2D eigenvalue weighted by molar-refractivity contribution is 7.89. The highest BCUT2D eigenvalue weighted by atomic mass is 32.2. The van der Waals surface area contributed by atoms with Crippen LogP contribution in [0.1, 0.15) is 50.6 Å². The second-order valence-corrected chi connectivity index (χ2v) is 12.9. The van der Waals surface area contributed by atoms with Gasteiger partial charge in [-0.05, 0) is 48.4 Å². The molecule has 2 N–H and O–H groups in total. The van der Waals surface area contributed by atoms with Crippen molar-refractivity contribution in [2.45, 2.75) is 38.3 Å². The summed E-state index contributed by atoms with van der Waals surface area (Å²) >= 11 is 1.32. The molecule has 1 aromatic heterocycles. The van der Waals surface area contributed by atoms with Crippen LogP contribution in [0, 0.1) is 0 Å². The molecule has 0 atom stereocenters. The molecule has 4 rings (SSSR count). The summed E-state index contributed by atoms with van der Waals surface area (Å²) in [6.45, 7) is 6.65. The molecule has 0 radical (unpaired) electrons. The summed E-state index contributed by atoms with van der Waals surface area (Å²) in [5.41, 5.74) is 2.25. The normalized spacial score (nSPS) is 13.5. The summed E-state index contributed by atoms with van der Waals surface area (Å²) in [6.07, 6.45) is 0.623. The molecule has 12 heteroatoms. The Labute approximate surface area is 245 Å². The highest BCUT2D eigenvalue weighted by Gasteiger charge is 2.30. The molecule has 1 aliphatic rings. The first-order valence-corrected chi connectivity index (χ1v) is 15.7. The summed E-state index contributed by atoms with van der Waals surface area (Å²) in [6, 6.07) is 14.5. The summed E-state index contributed by atoms with van der Waals surface area (Å²) in [4.78, 5) is 43.2. The second kappa shape index (κ2) is 12.9. The molecule has 0 spiro atoms. The lowest BCUT2D eigenvalue weighted by molar-refractivity contribution is 0.0956. The number of amides is 4. The molecule has 0 saturated heterocycles. The van der Waals surface area contributed by atoms with Crippen molar-refractivity contribution in [1.82, 2.24) is 19.4 Å². The Morgan fingerprint density at radius 1 is 0.976 bits per heavy atom. The topological polar surface area (TPSA) is 119 Å². The van der Waals surface area contributed by atoms with E-state index in [-0.39, 0.29) is 17.0 Å². The Bertz CT molecular complexity index is 1520. The van der Waals surface area contributed by atoms with Gasteiger partial charge >= 0.3 is 6.03 Å². The van der Waals surface area contributed by atoms with Gasteiger partial charge in [-0.2, -0.15) is 4.31 Å². The van der Waals surface area contributed by atoms with Crippen LogP contribution in [0.25, 0.3) is 0 Å². The van der Waals surface area contributed by atoms with E-state index in [1.54, 1.807) is 21.0 Å². The Balaban J connectivity index is 1.56. The number of hydrogen-bond acceptors (Lipinski definition) is 7. The molecule has 0 bridgehead atoms. The third-order valence-electron chi connectivity index (χ3n) is 6.97. The number of carbonyl (C=O) groups is 3. The van der Waals surface area contributed by atoms with Gasteiger partial charge in [-0.3, -0.25) is 19.8 Å². The van der Waals surface area contributed by atoms with Gasteiger partial charge in [0.2, 0.25) is 10.0 Å². The molecule has 0 unspecified atom stereocenters. The molecule has 3 aromatic rings. The molecule has 0 aliphatic carbocycles. The summed E-state index contributed by atoms with van der Waals surface area (Å²) in [7, 11) is -0.706. The minimum atomic E-state index is -3.79. The molecular weight excluding hydrogens is 562 g/mol. The summed E-state index contributed by atoms with van der Waals surface area (Å²) in [5, 5.41) is 5.59. The number of sulfonamides is 1. The van der Waals surface area contributed by atoms with Gasteiger partial charge in [-0.15, -0.1) is 11.3 Å². The number of nitrogens with one attached hydrogen (secondary N) is 2. The van der Waals surface area contributed by atoms with Gasteiger partial charge in [-0.1, -0.05) is 44.2 Å². The number of hydrogen-bond donors (Lipinski definition) is 2. The van der Waals surface area contributed by atoms with Crippen molar-refractivity contribution in [3.63, 3.8) is 0 Å². The molecule has 4 amide bonds. The number of urea groups is 1. The zero-order chi connectivity index (χ0) is 29.7. The van der Waals surface area contributed by atoms with E-state index in [9.17, 15) is 22.8 Å². The fraction of sp³-hybridized carbons (Fsp3) is 0.345. The van der Waals surface area contributed by atoms with Crippen LogP contribution in [0.5, 0.6) is 0 Å². The number of benzene rings is 2. The van der Waals surface area contributed by atoms with E-state index >= 15 is 0 Å². The van der Waals surface area contributed by atoms with Gasteiger partial charge < -0.3 is 10.2 Å². The van der Waals surface area contributed by atoms with Crippen LogP contribution >= 0.6 is 11.3 Å². The van der Waals surface area contributed by atoms with Crippen molar-refractivity contribution in [3.05, 3.63) is 81.7 Å². The third-order valence-corrected chi connectivity index (χ3v) is 10.0. The predicted octanol–water partition coefficient (Wildman–Crippen LogP) is 4.00. The minimum absolute atomic E-state index is 0.0836. The quantitative estimate of drug-likeness (QED) is 0.385. The predicted molar refractivity (Wildman–Crippen MR) is 160 cm³/mol. The van der Waals surface area contributed by atoms with Crippen LogP contribution in [-0.2, 0) is 29.5 Å². The summed E-state index contributed by atoms with van der Waals surface area (Å²) in [5.74, 6) is -1.05. The van der Waals surface area contributed by atoms with E-state index in [0.717, 1.165) is 29.1 Å². The first kappa shape index (κ1) is 30.4. The van der Waals surface area contributed by atoms with E-state index in [0.29, 0.717) is 30.1 Å². The van der Waals surface area contributed by atoms with Crippen LogP contribution in [0.3, 0.4) is 0 Å². The van der Waals surface area contributed by atoms with Gasteiger partial charge in [0.1, 0.15) is 5.00 Å². The van der Waals surface area contributed by atoms with Crippen molar-refractivity contribution in [2.75, 3.05) is 39.0 Å². The number of imide groups is 1. The van der Waals surface area contributed by atoms with Gasteiger partial charge in [0.25, 0.3) is 11.8 Å². The van der Waals surface area contributed by atoms with E-state index in [4.69, 9.17) is 0 Å². The maximum atomic E-state index is 13.3. The van der Waals surface area contributed by atoms with Crippen molar-refractivity contribution in [1.29, 1.82) is 0 Å². The van der Waals surface area contributed by atoms with Crippen molar-refractivity contribution < 1.29 is 22.8 Å². The molecule has 2 aromatic carbocycles. The first-order chi connectivity index (χ1) is 19.5.